The van der Waals surface area contributed by atoms with E-state index in [-0.39, 0.29) is 0 Å². The molecule has 0 unspecified atom stereocenters. The molecule has 6 heteroatoms. The van der Waals surface area contributed by atoms with Gasteiger partial charge >= 0.3 is 0 Å². The zero-order valence-corrected chi connectivity index (χ0v) is 10.0. The normalized spacial score (nSPS) is 10.3. The van der Waals surface area contributed by atoms with Crippen molar-refractivity contribution in [2.75, 3.05) is 5.32 Å². The summed E-state index contributed by atoms with van der Waals surface area (Å²) in [7, 11) is 0. The molecule has 0 saturated heterocycles. The molecule has 0 saturated carbocycles. The summed E-state index contributed by atoms with van der Waals surface area (Å²) >= 11 is 0. The zero-order chi connectivity index (χ0) is 12.9. The van der Waals surface area contributed by atoms with Crippen molar-refractivity contribution in [2.45, 2.75) is 6.54 Å². The molecule has 0 aliphatic carbocycles. The van der Waals surface area contributed by atoms with Crippen molar-refractivity contribution >= 4 is 5.69 Å². The Labute approximate surface area is 109 Å². The maximum Gasteiger partial charge on any atom is 0.247 e. The van der Waals surface area contributed by atoms with Crippen LogP contribution in [0.1, 0.15) is 5.69 Å². The van der Waals surface area contributed by atoms with E-state index in [1.807, 2.05) is 30.3 Å². The van der Waals surface area contributed by atoms with E-state index in [0.29, 0.717) is 12.4 Å². The summed E-state index contributed by atoms with van der Waals surface area (Å²) in [5.41, 5.74) is 2.84. The molecular formula is C13H11N5O. The van der Waals surface area contributed by atoms with Crippen LogP contribution in [0.3, 0.4) is 0 Å². The molecule has 3 aromatic rings. The molecule has 1 N–H and O–H groups in total. The van der Waals surface area contributed by atoms with Crippen LogP contribution in [0, 0.1) is 0 Å². The highest BCUT2D eigenvalue weighted by Gasteiger charge is 2.02. The Balaban J connectivity index is 1.67. The number of hydrogen-bond donors (Lipinski definition) is 1. The molecule has 0 atom stereocenters. The van der Waals surface area contributed by atoms with Crippen LogP contribution in [0.25, 0.3) is 11.5 Å². The van der Waals surface area contributed by atoms with Gasteiger partial charge in [-0.2, -0.15) is 0 Å². The molecule has 0 spiro atoms. The van der Waals surface area contributed by atoms with Crippen LogP contribution in [0.15, 0.2) is 53.7 Å². The fraction of sp³-hybridized carbons (Fsp3) is 0.0769. The van der Waals surface area contributed by atoms with Gasteiger partial charge < -0.3 is 9.73 Å². The van der Waals surface area contributed by atoms with E-state index in [4.69, 9.17) is 4.42 Å². The summed E-state index contributed by atoms with van der Waals surface area (Å²) in [5, 5.41) is 10.8. The molecular weight excluding hydrogens is 242 g/mol. The van der Waals surface area contributed by atoms with E-state index in [1.165, 1.54) is 12.7 Å². The lowest BCUT2D eigenvalue weighted by Gasteiger charge is -2.05. The van der Waals surface area contributed by atoms with Crippen LogP contribution < -0.4 is 5.32 Å². The average Bonchev–Trinajstić information content (AvgIpc) is 3.01. The highest BCUT2D eigenvalue weighted by Crippen LogP contribution is 2.19. The van der Waals surface area contributed by atoms with Crippen LogP contribution in [0.2, 0.25) is 0 Å². The minimum absolute atomic E-state index is 0.516. The molecule has 0 aliphatic heterocycles. The maximum atomic E-state index is 5.13. The first-order chi connectivity index (χ1) is 9.42. The van der Waals surface area contributed by atoms with E-state index in [0.717, 1.165) is 16.9 Å². The molecule has 94 valence electrons. The third-order valence-corrected chi connectivity index (χ3v) is 2.61. The number of benzene rings is 1. The topological polar surface area (TPSA) is 76.7 Å². The van der Waals surface area contributed by atoms with Crippen molar-refractivity contribution in [1.82, 2.24) is 20.2 Å². The minimum atomic E-state index is 0.516. The maximum absolute atomic E-state index is 5.13. The second-order valence-corrected chi connectivity index (χ2v) is 3.88. The second kappa shape index (κ2) is 5.26. The zero-order valence-electron chi connectivity index (χ0n) is 10.0. The van der Waals surface area contributed by atoms with Crippen LogP contribution in [-0.2, 0) is 6.54 Å². The number of nitrogens with one attached hydrogen (secondary N) is 1. The van der Waals surface area contributed by atoms with Gasteiger partial charge in [-0.25, -0.2) is 9.97 Å². The number of aromatic nitrogens is 4. The van der Waals surface area contributed by atoms with Crippen molar-refractivity contribution in [3.8, 4) is 11.5 Å². The number of rotatable bonds is 4. The van der Waals surface area contributed by atoms with Gasteiger partial charge in [0.25, 0.3) is 0 Å². The lowest BCUT2D eigenvalue weighted by Crippen LogP contribution is -2.01. The third kappa shape index (κ3) is 2.74. The predicted octanol–water partition coefficient (Wildman–Crippen LogP) is 2.14. The quantitative estimate of drug-likeness (QED) is 0.767. The SMILES string of the molecule is c1cc(CNc2ccc(-c3nnco3)cc2)ncn1. The Morgan fingerprint density at radius 1 is 1.11 bits per heavy atom. The Morgan fingerprint density at radius 3 is 2.68 bits per heavy atom. The predicted molar refractivity (Wildman–Crippen MR) is 69.1 cm³/mol. The largest absolute Gasteiger partial charge is 0.423 e. The van der Waals surface area contributed by atoms with E-state index in [9.17, 15) is 0 Å². The van der Waals surface area contributed by atoms with E-state index >= 15 is 0 Å². The van der Waals surface area contributed by atoms with Gasteiger partial charge in [0.05, 0.1) is 12.2 Å². The van der Waals surface area contributed by atoms with Crippen molar-refractivity contribution in [2.24, 2.45) is 0 Å². The summed E-state index contributed by atoms with van der Waals surface area (Å²) in [6, 6.07) is 9.65. The van der Waals surface area contributed by atoms with Crippen molar-refractivity contribution in [3.63, 3.8) is 0 Å². The molecule has 6 nitrogen and oxygen atoms in total. The summed E-state index contributed by atoms with van der Waals surface area (Å²) in [4.78, 5) is 8.02. The van der Waals surface area contributed by atoms with E-state index in [1.54, 1.807) is 6.20 Å². The Kier molecular flexibility index (Phi) is 3.14. The van der Waals surface area contributed by atoms with Crippen LogP contribution >= 0.6 is 0 Å². The molecule has 0 fully saturated rings. The first kappa shape index (κ1) is 11.3. The molecule has 0 aliphatic rings. The lowest BCUT2D eigenvalue weighted by atomic mass is 10.2. The van der Waals surface area contributed by atoms with Gasteiger partial charge in [-0.15, -0.1) is 10.2 Å². The Hall–Kier alpha value is -2.76. The molecule has 0 radical (unpaired) electrons. The van der Waals surface area contributed by atoms with Crippen molar-refractivity contribution < 1.29 is 4.42 Å². The summed E-state index contributed by atoms with van der Waals surface area (Å²) in [6.07, 6.45) is 4.58. The van der Waals surface area contributed by atoms with Gasteiger partial charge in [-0.1, -0.05) is 0 Å². The Bertz CT molecular complexity index is 622. The van der Waals surface area contributed by atoms with Gasteiger partial charge in [-0.3, -0.25) is 0 Å². The van der Waals surface area contributed by atoms with Crippen LogP contribution in [0.5, 0.6) is 0 Å². The van der Waals surface area contributed by atoms with E-state index in [2.05, 4.69) is 25.5 Å². The minimum Gasteiger partial charge on any atom is -0.423 e. The number of nitrogens with zero attached hydrogens (tertiary/aromatic N) is 4. The molecule has 1 aromatic carbocycles. The molecule has 3 rings (SSSR count). The fourth-order valence-corrected chi connectivity index (χ4v) is 1.64. The van der Waals surface area contributed by atoms with Gasteiger partial charge in [0.2, 0.25) is 12.3 Å². The van der Waals surface area contributed by atoms with Gasteiger partial charge in [0.15, 0.2) is 0 Å². The van der Waals surface area contributed by atoms with Crippen LogP contribution in [0.4, 0.5) is 5.69 Å². The highest BCUT2D eigenvalue weighted by atomic mass is 16.4. The smallest absolute Gasteiger partial charge is 0.247 e. The first-order valence-corrected chi connectivity index (χ1v) is 5.77. The van der Waals surface area contributed by atoms with Crippen molar-refractivity contribution in [1.29, 1.82) is 0 Å². The highest BCUT2D eigenvalue weighted by molar-refractivity contribution is 5.58. The monoisotopic (exact) mass is 253 g/mol. The van der Waals surface area contributed by atoms with Crippen molar-refractivity contribution in [3.05, 3.63) is 54.9 Å². The Morgan fingerprint density at radius 2 is 2.00 bits per heavy atom. The van der Waals surface area contributed by atoms with Gasteiger partial charge in [0, 0.05) is 17.4 Å². The second-order valence-electron chi connectivity index (χ2n) is 3.88. The molecule has 19 heavy (non-hydrogen) atoms. The van der Waals surface area contributed by atoms with E-state index < -0.39 is 0 Å². The molecule has 0 amide bonds. The molecule has 2 heterocycles. The lowest BCUT2D eigenvalue weighted by molar-refractivity contribution is 0.568. The van der Waals surface area contributed by atoms with Gasteiger partial charge in [-0.05, 0) is 30.3 Å². The first-order valence-electron chi connectivity index (χ1n) is 5.77. The number of anilines is 1. The summed E-state index contributed by atoms with van der Waals surface area (Å²) < 4.78 is 5.13. The summed E-state index contributed by atoms with van der Waals surface area (Å²) in [6.45, 7) is 0.655. The molecule has 2 aromatic heterocycles. The standard InChI is InChI=1S/C13H11N5O/c1-3-11(15-7-12-5-6-14-8-16-12)4-2-10(1)13-18-17-9-19-13/h1-6,8-9,15H,7H2. The molecule has 0 bridgehead atoms. The number of hydrogen-bond acceptors (Lipinski definition) is 6. The third-order valence-electron chi connectivity index (χ3n) is 2.61. The van der Waals surface area contributed by atoms with Crippen LogP contribution in [-0.4, -0.2) is 20.2 Å². The van der Waals surface area contributed by atoms with Gasteiger partial charge in [0.1, 0.15) is 6.33 Å². The fourth-order valence-electron chi connectivity index (χ4n) is 1.64. The average molecular weight is 253 g/mol. The summed E-state index contributed by atoms with van der Waals surface area (Å²) in [5.74, 6) is 0.516.